The molecule has 3 atom stereocenters. The molecule has 2 aliphatic rings. The molecule has 0 spiro atoms. The number of nitrogens with two attached hydrogens (primary N) is 1. The smallest absolute Gasteiger partial charge is 0.243 e. The van der Waals surface area contributed by atoms with E-state index in [0.717, 1.165) is 46.5 Å². The van der Waals surface area contributed by atoms with Crippen molar-refractivity contribution >= 4 is 39.7 Å². The van der Waals surface area contributed by atoms with Crippen molar-refractivity contribution < 1.29 is 14.4 Å². The Morgan fingerprint density at radius 2 is 1.17 bits per heavy atom. The van der Waals surface area contributed by atoms with Crippen LogP contribution in [0.1, 0.15) is 93.9 Å². The van der Waals surface area contributed by atoms with Crippen LogP contribution in [-0.2, 0) is 35.3 Å². The van der Waals surface area contributed by atoms with E-state index in [1.807, 2.05) is 77.9 Å². The van der Waals surface area contributed by atoms with Gasteiger partial charge in [0.2, 0.25) is 11.8 Å². The fraction of sp³-hybridized carbons (Fsp3) is 0.500. The highest BCUT2D eigenvalue weighted by Gasteiger charge is 2.32. The maximum Gasteiger partial charge on any atom is 0.243 e. The van der Waals surface area contributed by atoms with Crippen molar-refractivity contribution in [1.82, 2.24) is 30.6 Å². The van der Waals surface area contributed by atoms with Gasteiger partial charge in [-0.2, -0.15) is 0 Å². The number of carbonyl (C=O) groups excluding carboxylic acids is 3. The third kappa shape index (κ3) is 8.98. The van der Waals surface area contributed by atoms with Gasteiger partial charge in [0.15, 0.2) is 5.78 Å². The number of H-pyrrole nitrogens is 2. The second-order valence-corrected chi connectivity index (χ2v) is 14.6. The lowest BCUT2D eigenvalue weighted by Crippen LogP contribution is -2.55. The number of aromatic nitrogens is 4. The first-order chi connectivity index (χ1) is 22.8. The summed E-state index contributed by atoms with van der Waals surface area (Å²) in [6.07, 6.45) is 4.33. The van der Waals surface area contributed by atoms with E-state index < -0.39 is 18.1 Å². The molecule has 10 heteroatoms. The number of carbonyl (C=O) groups is 3. The number of nitrogens with one attached hydrogen (secondary N) is 4. The molecule has 0 aromatic carbocycles. The lowest BCUT2D eigenvalue weighted by atomic mass is 9.93. The predicted octanol–water partition coefficient (Wildman–Crippen LogP) is 5.50. The van der Waals surface area contributed by atoms with Gasteiger partial charge in [0.25, 0.3) is 0 Å². The first-order valence-electron chi connectivity index (χ1n) is 17.4. The molecule has 256 valence electrons. The lowest BCUT2D eigenvalue weighted by Gasteiger charge is -2.26. The normalized spacial score (nSPS) is 15.0. The van der Waals surface area contributed by atoms with E-state index in [4.69, 9.17) is 15.7 Å². The van der Waals surface area contributed by atoms with Gasteiger partial charge < -0.3 is 26.3 Å². The van der Waals surface area contributed by atoms with Gasteiger partial charge in [-0.25, -0.2) is 0 Å². The van der Waals surface area contributed by atoms with Gasteiger partial charge in [0.1, 0.15) is 6.04 Å². The minimum Gasteiger partial charge on any atom is -0.355 e. The molecule has 0 aliphatic carbocycles. The van der Waals surface area contributed by atoms with Gasteiger partial charge in [0, 0.05) is 33.6 Å². The van der Waals surface area contributed by atoms with Gasteiger partial charge in [-0.15, -0.1) is 0 Å². The largest absolute Gasteiger partial charge is 0.355 e. The van der Waals surface area contributed by atoms with Crippen LogP contribution in [0, 0.1) is 17.8 Å². The Balaban J connectivity index is 1.56. The fourth-order valence-corrected chi connectivity index (χ4v) is 6.53. The summed E-state index contributed by atoms with van der Waals surface area (Å²) in [7, 11) is 0. The van der Waals surface area contributed by atoms with Crippen molar-refractivity contribution in [3.63, 3.8) is 0 Å². The van der Waals surface area contributed by atoms with Crippen molar-refractivity contribution in [2.75, 3.05) is 0 Å². The van der Waals surface area contributed by atoms with Crippen molar-refractivity contribution in [2.24, 2.45) is 23.5 Å². The van der Waals surface area contributed by atoms with Crippen LogP contribution in [0.4, 0.5) is 0 Å². The summed E-state index contributed by atoms with van der Waals surface area (Å²) in [5.41, 5.74) is 13.6. The van der Waals surface area contributed by atoms with E-state index in [-0.39, 0.29) is 35.4 Å². The number of aromatic amines is 2. The van der Waals surface area contributed by atoms with E-state index in [9.17, 15) is 14.4 Å². The molecule has 10 nitrogen and oxygen atoms in total. The lowest BCUT2D eigenvalue weighted by molar-refractivity contribution is -0.130. The second kappa shape index (κ2) is 15.3. The molecule has 3 aromatic heterocycles. The van der Waals surface area contributed by atoms with E-state index in [2.05, 4.69) is 26.7 Å². The van der Waals surface area contributed by atoms with Crippen LogP contribution in [0.2, 0.25) is 0 Å². The number of amides is 2. The van der Waals surface area contributed by atoms with Crippen LogP contribution in [0.15, 0.2) is 42.5 Å². The van der Waals surface area contributed by atoms with E-state index in [0.29, 0.717) is 48.9 Å². The molecule has 5 heterocycles. The number of ketones is 1. The highest BCUT2D eigenvalue weighted by Crippen LogP contribution is 2.24. The van der Waals surface area contributed by atoms with Crippen LogP contribution < -0.4 is 16.4 Å². The molecular formula is C38H51N7O3. The van der Waals surface area contributed by atoms with Gasteiger partial charge in [0.05, 0.1) is 28.9 Å². The first kappa shape index (κ1) is 35.0. The first-order valence-corrected chi connectivity index (χ1v) is 17.4. The van der Waals surface area contributed by atoms with Crippen molar-refractivity contribution in [3.8, 4) is 0 Å². The number of Topliss-reactive ketones (excluding diaryl/α,β-unsaturated/α-hetero) is 1. The van der Waals surface area contributed by atoms with E-state index in [1.165, 1.54) is 0 Å². The van der Waals surface area contributed by atoms with E-state index in [1.54, 1.807) is 0 Å². The summed E-state index contributed by atoms with van der Waals surface area (Å²) in [5.74, 6) is -0.474. The Bertz CT molecular complexity index is 1800. The summed E-state index contributed by atoms with van der Waals surface area (Å²) in [6, 6.07) is 11.7. The zero-order chi connectivity index (χ0) is 34.5. The number of hydrogen-bond acceptors (Lipinski definition) is 6. The number of hydrogen-bond donors (Lipinski definition) is 5. The Kier molecular flexibility index (Phi) is 11.1. The summed E-state index contributed by atoms with van der Waals surface area (Å²) in [6.45, 7) is 12.1. The SMILES string of the molecule is CC(C)C[C@H](NC(=O)[C@@H](N)CC(C)C)C(=O)N[C@@H](CC(C)C)C(=O)c1c2nc(cc3ccc(cc4nc(cc5ccc1[nH]5)CC4)[nH]3)CC2. The summed E-state index contributed by atoms with van der Waals surface area (Å²) in [4.78, 5) is 58.3. The minimum atomic E-state index is -0.821. The Morgan fingerprint density at radius 3 is 1.77 bits per heavy atom. The summed E-state index contributed by atoms with van der Waals surface area (Å²) in [5, 5.41) is 5.93. The monoisotopic (exact) mass is 653 g/mol. The highest BCUT2D eigenvalue weighted by molar-refractivity contribution is 6.08. The molecule has 5 rings (SSSR count). The number of nitrogens with zero attached hydrogens (tertiary/aromatic N) is 2. The number of fused-ring (bicyclic) bond motifs is 8. The molecular weight excluding hydrogens is 602 g/mol. The van der Waals surface area contributed by atoms with Gasteiger partial charge in [-0.3, -0.25) is 24.4 Å². The fourth-order valence-electron chi connectivity index (χ4n) is 6.53. The Hall–Kier alpha value is -4.31. The molecule has 0 saturated carbocycles. The van der Waals surface area contributed by atoms with Gasteiger partial charge >= 0.3 is 0 Å². The standard InChI is InChI=1S/C38H51N7O3/c1-21(2)15-30(39)37(47)45-34(17-23(5)6)38(48)44-33(16-22(3)4)36(46)35-31-13-11-28(42-31)19-26-9-7-24(40-26)18-25-8-10-27(41-25)20-29-12-14-32(35)43-29/h7,9,12,14,18-23,30,33-34,40,43H,8,10-11,13,15-17,39H2,1-6H3,(H,44,48)(H,45,47)/t30-,33-,34-/m0/s1. The Labute approximate surface area is 283 Å². The molecule has 0 radical (unpaired) electrons. The Morgan fingerprint density at radius 1 is 0.667 bits per heavy atom. The van der Waals surface area contributed by atoms with Crippen molar-refractivity contribution in [2.45, 2.75) is 105 Å². The zero-order valence-electron chi connectivity index (χ0n) is 29.2. The van der Waals surface area contributed by atoms with Crippen LogP contribution in [0.3, 0.4) is 0 Å². The zero-order valence-corrected chi connectivity index (χ0v) is 29.2. The molecule has 0 fully saturated rings. The molecule has 0 saturated heterocycles. The van der Waals surface area contributed by atoms with Crippen molar-refractivity contribution in [1.29, 1.82) is 0 Å². The summed E-state index contributed by atoms with van der Waals surface area (Å²) >= 11 is 0. The van der Waals surface area contributed by atoms with Crippen molar-refractivity contribution in [3.05, 3.63) is 70.8 Å². The molecule has 3 aromatic rings. The molecule has 2 aliphatic heterocycles. The van der Waals surface area contributed by atoms with Crippen LogP contribution in [0.25, 0.3) is 22.1 Å². The molecule has 2 amide bonds. The predicted molar refractivity (Wildman–Crippen MR) is 190 cm³/mol. The number of rotatable bonds is 12. The molecule has 48 heavy (non-hydrogen) atoms. The topological polar surface area (TPSA) is 159 Å². The van der Waals surface area contributed by atoms with Crippen LogP contribution in [-0.4, -0.2) is 55.7 Å². The number of aryl methyl sites for hydroxylation is 4. The third-order valence-electron chi connectivity index (χ3n) is 8.77. The van der Waals surface area contributed by atoms with Gasteiger partial charge in [-0.05, 0) is 105 Å². The second-order valence-electron chi connectivity index (χ2n) is 14.6. The quantitative estimate of drug-likeness (QED) is 0.162. The average Bonchev–Trinajstić information content (AvgIpc) is 3.82. The molecule has 6 N–H and O–H groups in total. The van der Waals surface area contributed by atoms with E-state index >= 15 is 0 Å². The van der Waals surface area contributed by atoms with Crippen LogP contribution in [0.5, 0.6) is 0 Å². The third-order valence-corrected chi connectivity index (χ3v) is 8.77. The van der Waals surface area contributed by atoms with Gasteiger partial charge in [-0.1, -0.05) is 41.5 Å². The summed E-state index contributed by atoms with van der Waals surface area (Å²) < 4.78 is 0. The molecule has 0 unspecified atom stereocenters. The highest BCUT2D eigenvalue weighted by atomic mass is 16.2. The maximum absolute atomic E-state index is 14.7. The van der Waals surface area contributed by atoms with Crippen LogP contribution >= 0.6 is 0 Å². The maximum atomic E-state index is 14.7. The minimum absolute atomic E-state index is 0.113. The molecule has 8 bridgehead atoms. The average molecular weight is 654 g/mol.